The molecule has 0 fully saturated rings. The molecule has 0 radical (unpaired) electrons. The first-order valence-electron chi connectivity index (χ1n) is 10.8. The molecular weight excluding hydrogens is 456 g/mol. The molecule has 3 rings (SSSR count). The van der Waals surface area contributed by atoms with Crippen molar-refractivity contribution >= 4 is 41.4 Å². The van der Waals surface area contributed by atoms with Gasteiger partial charge in [0.25, 0.3) is 11.8 Å². The summed E-state index contributed by atoms with van der Waals surface area (Å²) in [5, 5.41) is 26.9. The predicted molar refractivity (Wildman–Crippen MR) is 126 cm³/mol. The number of para-hydroxylation sites is 2. The molecule has 2 aromatic rings. The monoisotopic (exact) mass is 482 g/mol. The largest absolute Gasteiger partial charge is 0.507 e. The number of phenolic OH excluding ortho intramolecular Hbond substituents is 1. The number of hydrogen-bond donors (Lipinski definition) is 5. The van der Waals surface area contributed by atoms with Crippen molar-refractivity contribution < 1.29 is 34.2 Å². The van der Waals surface area contributed by atoms with E-state index in [9.17, 15) is 29.1 Å². The lowest BCUT2D eigenvalue weighted by Gasteiger charge is -2.25. The lowest BCUT2D eigenvalue weighted by Crippen LogP contribution is -2.53. The van der Waals surface area contributed by atoms with Gasteiger partial charge in [0, 0.05) is 12.1 Å². The van der Waals surface area contributed by atoms with Gasteiger partial charge in [0.2, 0.25) is 5.91 Å². The topological polar surface area (TPSA) is 165 Å². The van der Waals surface area contributed by atoms with E-state index < -0.39 is 48.7 Å². The molecule has 0 unspecified atom stereocenters. The predicted octanol–water partition coefficient (Wildman–Crippen LogP) is 0.725. The third kappa shape index (κ3) is 5.94. The number of hydrogen-bond acceptors (Lipinski definition) is 7. The Balaban J connectivity index is 1.83. The van der Waals surface area contributed by atoms with Crippen molar-refractivity contribution in [2.45, 2.75) is 32.4 Å². The molecule has 0 spiro atoms. The zero-order chi connectivity index (χ0) is 25.7. The number of aromatic hydroxyl groups is 1. The van der Waals surface area contributed by atoms with Crippen molar-refractivity contribution in [2.75, 3.05) is 23.3 Å². The molecule has 11 heteroatoms. The van der Waals surface area contributed by atoms with Gasteiger partial charge in [0.05, 0.1) is 23.8 Å². The van der Waals surface area contributed by atoms with Gasteiger partial charge in [-0.2, -0.15) is 0 Å². The summed E-state index contributed by atoms with van der Waals surface area (Å²) in [6.07, 6.45) is -0.276. The average Bonchev–Trinajstić information content (AvgIpc) is 2.93. The van der Waals surface area contributed by atoms with E-state index >= 15 is 0 Å². The number of nitrogens with one attached hydrogen (secondary N) is 3. The maximum absolute atomic E-state index is 13.4. The Morgan fingerprint density at radius 1 is 1.20 bits per heavy atom. The van der Waals surface area contributed by atoms with Crippen LogP contribution < -0.4 is 20.9 Å². The zero-order valence-corrected chi connectivity index (χ0v) is 19.2. The Morgan fingerprint density at radius 2 is 1.86 bits per heavy atom. The lowest BCUT2D eigenvalue weighted by atomic mass is 10.0. The highest BCUT2D eigenvalue weighted by molar-refractivity contribution is 6.07. The maximum Gasteiger partial charge on any atom is 0.305 e. The molecule has 35 heavy (non-hydrogen) atoms. The number of fused-ring (bicyclic) bond motifs is 1. The maximum atomic E-state index is 13.4. The molecular formula is C24H26N4O7. The number of aliphatic carboxylic acids is 1. The molecule has 0 bridgehead atoms. The first kappa shape index (κ1) is 25.2. The van der Waals surface area contributed by atoms with Gasteiger partial charge in [-0.05, 0) is 49.2 Å². The molecule has 0 aromatic heterocycles. The van der Waals surface area contributed by atoms with Crippen LogP contribution in [-0.2, 0) is 19.2 Å². The van der Waals surface area contributed by atoms with Gasteiger partial charge in [0.15, 0.2) is 0 Å². The summed E-state index contributed by atoms with van der Waals surface area (Å²) < 4.78 is 0. The number of aryl methyl sites for hydroxylation is 2. The number of rotatable bonds is 8. The SMILES string of the molecule is Cc1cc(C(=O)N[C@H]2CNc3ccccc3N(CC(=O)N[C@H](C=O)CC(=O)O)C2=O)cc(C)c1O. The molecule has 2 aromatic carbocycles. The molecule has 5 N–H and O–H groups in total. The summed E-state index contributed by atoms with van der Waals surface area (Å²) in [6.45, 7) is 2.87. The van der Waals surface area contributed by atoms with Crippen LogP contribution in [0.4, 0.5) is 11.4 Å². The molecule has 0 aliphatic carbocycles. The summed E-state index contributed by atoms with van der Waals surface area (Å²) in [5.74, 6) is -3.01. The first-order valence-corrected chi connectivity index (χ1v) is 10.8. The van der Waals surface area contributed by atoms with Crippen LogP contribution in [0.25, 0.3) is 0 Å². The highest BCUT2D eigenvalue weighted by atomic mass is 16.4. The number of phenols is 1. The normalized spacial score (nSPS) is 15.8. The number of carbonyl (C=O) groups excluding carboxylic acids is 4. The van der Waals surface area contributed by atoms with Gasteiger partial charge in [-0.15, -0.1) is 0 Å². The molecule has 0 saturated heterocycles. The summed E-state index contributed by atoms with van der Waals surface area (Å²) in [6, 6.07) is 7.48. The highest BCUT2D eigenvalue weighted by Crippen LogP contribution is 2.29. The number of benzene rings is 2. The molecule has 184 valence electrons. The van der Waals surface area contributed by atoms with Gasteiger partial charge >= 0.3 is 5.97 Å². The minimum atomic E-state index is -1.26. The van der Waals surface area contributed by atoms with Gasteiger partial charge in [-0.1, -0.05) is 12.1 Å². The number of carboxylic acids is 1. The number of amides is 3. The smallest absolute Gasteiger partial charge is 0.305 e. The van der Waals surface area contributed by atoms with Crippen LogP contribution in [0, 0.1) is 13.8 Å². The van der Waals surface area contributed by atoms with Gasteiger partial charge in [-0.25, -0.2) is 0 Å². The second-order valence-electron chi connectivity index (χ2n) is 8.22. The van der Waals surface area contributed by atoms with E-state index in [0.717, 1.165) is 0 Å². The minimum Gasteiger partial charge on any atom is -0.507 e. The van der Waals surface area contributed by atoms with Crippen molar-refractivity contribution in [1.82, 2.24) is 10.6 Å². The van der Waals surface area contributed by atoms with Crippen LogP contribution in [0.5, 0.6) is 5.75 Å². The molecule has 11 nitrogen and oxygen atoms in total. The van der Waals surface area contributed by atoms with Crippen molar-refractivity contribution in [2.24, 2.45) is 0 Å². The Labute approximate surface area is 201 Å². The molecule has 1 heterocycles. The highest BCUT2D eigenvalue weighted by Gasteiger charge is 2.33. The second kappa shape index (κ2) is 10.7. The average molecular weight is 482 g/mol. The summed E-state index contributed by atoms with van der Waals surface area (Å²) in [7, 11) is 0. The molecule has 1 aliphatic rings. The van der Waals surface area contributed by atoms with E-state index in [4.69, 9.17) is 5.11 Å². The molecule has 0 saturated carbocycles. The number of carboxylic acid groups (broad SMARTS) is 1. The minimum absolute atomic E-state index is 0.0474. The Hall–Kier alpha value is -4.41. The van der Waals surface area contributed by atoms with Gasteiger partial charge < -0.3 is 31.0 Å². The van der Waals surface area contributed by atoms with Crippen molar-refractivity contribution in [1.29, 1.82) is 0 Å². The quantitative estimate of drug-likeness (QED) is 0.344. The molecule has 3 amide bonds. The standard InChI is InChI=1S/C24H26N4O7/c1-13-7-15(8-14(2)22(13)33)23(34)27-18-10-25-17-5-3-4-6-19(17)28(24(18)35)11-20(30)26-16(12-29)9-21(31)32/h3-8,12,16,18,25,33H,9-11H2,1-2H3,(H,26,30)(H,27,34)(H,31,32)/t16-,18-/m0/s1. The lowest BCUT2D eigenvalue weighted by molar-refractivity contribution is -0.138. The Bertz CT molecular complexity index is 1160. The number of anilines is 2. The van der Waals surface area contributed by atoms with Crippen LogP contribution >= 0.6 is 0 Å². The summed E-state index contributed by atoms with van der Waals surface area (Å²) in [4.78, 5) is 62.1. The van der Waals surface area contributed by atoms with Gasteiger partial charge in [0.1, 0.15) is 24.6 Å². The third-order valence-electron chi connectivity index (χ3n) is 5.52. The van der Waals surface area contributed by atoms with Crippen molar-refractivity contribution in [3.8, 4) is 5.75 Å². The Kier molecular flexibility index (Phi) is 7.69. The number of carbonyl (C=O) groups is 5. The van der Waals surface area contributed by atoms with Gasteiger partial charge in [-0.3, -0.25) is 24.1 Å². The second-order valence-corrected chi connectivity index (χ2v) is 8.22. The van der Waals surface area contributed by atoms with Crippen molar-refractivity contribution in [3.63, 3.8) is 0 Å². The van der Waals surface area contributed by atoms with E-state index in [1.165, 1.54) is 17.0 Å². The van der Waals surface area contributed by atoms with Crippen LogP contribution in [0.2, 0.25) is 0 Å². The summed E-state index contributed by atoms with van der Waals surface area (Å²) >= 11 is 0. The fraction of sp³-hybridized carbons (Fsp3) is 0.292. The molecule has 1 aliphatic heterocycles. The van der Waals surface area contributed by atoms with E-state index in [2.05, 4.69) is 16.0 Å². The van der Waals surface area contributed by atoms with E-state index in [-0.39, 0.29) is 17.9 Å². The molecule has 2 atom stereocenters. The van der Waals surface area contributed by atoms with E-state index in [1.54, 1.807) is 38.1 Å². The van der Waals surface area contributed by atoms with Crippen LogP contribution in [0.1, 0.15) is 27.9 Å². The van der Waals surface area contributed by atoms with Crippen LogP contribution in [-0.4, -0.2) is 65.4 Å². The fourth-order valence-electron chi connectivity index (χ4n) is 3.79. The number of nitrogens with zero attached hydrogens (tertiary/aromatic N) is 1. The Morgan fingerprint density at radius 3 is 2.49 bits per heavy atom. The fourth-order valence-corrected chi connectivity index (χ4v) is 3.79. The summed E-state index contributed by atoms with van der Waals surface area (Å²) in [5.41, 5.74) is 2.23. The number of aldehydes is 1. The van der Waals surface area contributed by atoms with E-state index in [0.29, 0.717) is 28.8 Å². The van der Waals surface area contributed by atoms with Crippen molar-refractivity contribution in [3.05, 3.63) is 53.1 Å². The first-order chi connectivity index (χ1) is 16.6. The van der Waals surface area contributed by atoms with E-state index in [1.807, 2.05) is 0 Å². The van der Waals surface area contributed by atoms with Crippen LogP contribution in [0.3, 0.4) is 0 Å². The third-order valence-corrected chi connectivity index (χ3v) is 5.52. The zero-order valence-electron chi connectivity index (χ0n) is 19.2. The van der Waals surface area contributed by atoms with Crippen LogP contribution in [0.15, 0.2) is 36.4 Å².